The molecule has 0 saturated carbocycles. The molecular weight excluding hydrogens is 504 g/mol. The first-order valence-electron chi connectivity index (χ1n) is 17.5. The third-order valence-electron chi connectivity index (χ3n) is 7.90. The van der Waals surface area contributed by atoms with Gasteiger partial charge < -0.3 is 0 Å². The van der Waals surface area contributed by atoms with E-state index in [0.717, 1.165) is 21.9 Å². The second-order valence-electron chi connectivity index (χ2n) is 10.3. The topological polar surface area (TPSA) is 0 Å². The van der Waals surface area contributed by atoms with E-state index in [1.165, 1.54) is 0 Å². The number of benzene rings is 8. The summed E-state index contributed by atoms with van der Waals surface area (Å²) >= 11 is 0. The van der Waals surface area contributed by atoms with Gasteiger partial charge in [0.15, 0.2) is 0 Å². The van der Waals surface area contributed by atoms with Crippen LogP contribution >= 0.6 is 0 Å². The molecule has 0 unspecified atom stereocenters. The van der Waals surface area contributed by atoms with Crippen LogP contribution in [0.15, 0.2) is 170 Å². The van der Waals surface area contributed by atoms with Crippen molar-refractivity contribution < 1.29 is 9.60 Å². The van der Waals surface area contributed by atoms with Crippen molar-refractivity contribution >= 4 is 32.3 Å². The van der Waals surface area contributed by atoms with Crippen molar-refractivity contribution in [1.29, 1.82) is 0 Å². The Balaban J connectivity index is 1.70. The van der Waals surface area contributed by atoms with Crippen LogP contribution in [0.5, 0.6) is 0 Å². The lowest BCUT2D eigenvalue weighted by molar-refractivity contribution is 1.60. The van der Waals surface area contributed by atoms with E-state index >= 15 is 0 Å². The predicted molar refractivity (Wildman–Crippen MR) is 181 cm³/mol. The number of hydrogen-bond donors (Lipinski definition) is 0. The molecule has 8 rings (SSSR count). The van der Waals surface area contributed by atoms with Crippen LogP contribution in [0.25, 0.3) is 76.8 Å². The average molecular weight is 540 g/mol. The van der Waals surface area contributed by atoms with E-state index in [4.69, 9.17) is 2.74 Å². The number of hydrogen-bond acceptors (Lipinski definition) is 0. The van der Waals surface area contributed by atoms with E-state index in [0.29, 0.717) is 44.2 Å². The fourth-order valence-corrected chi connectivity index (χ4v) is 6.03. The second kappa shape index (κ2) is 10.2. The van der Waals surface area contributed by atoms with Gasteiger partial charge in [-0.1, -0.05) is 164 Å². The highest BCUT2D eigenvalue weighted by Crippen LogP contribution is 2.47. The highest BCUT2D eigenvalue weighted by molar-refractivity contribution is 6.23. The summed E-state index contributed by atoms with van der Waals surface area (Å²) in [6.45, 7) is 0. The fourth-order valence-electron chi connectivity index (χ4n) is 6.03. The Labute approximate surface area is 256 Å². The molecule has 0 heterocycles. The van der Waals surface area contributed by atoms with Crippen molar-refractivity contribution in [2.24, 2.45) is 0 Å². The quantitative estimate of drug-likeness (QED) is 0.195. The van der Waals surface area contributed by atoms with Crippen molar-refractivity contribution in [3.8, 4) is 44.5 Å². The summed E-state index contributed by atoms with van der Waals surface area (Å²) in [6, 6.07) is 38.8. The normalized spacial score (nSPS) is 13.7. The van der Waals surface area contributed by atoms with Crippen LogP contribution < -0.4 is 0 Å². The van der Waals surface area contributed by atoms with Crippen LogP contribution in [0, 0.1) is 0 Å². The van der Waals surface area contributed by atoms with Crippen LogP contribution in [0.2, 0.25) is 0 Å². The Kier molecular flexibility index (Phi) is 4.38. The summed E-state index contributed by atoms with van der Waals surface area (Å²) in [5.74, 6) is 0. The minimum Gasteiger partial charge on any atom is -0.0622 e. The van der Waals surface area contributed by atoms with Crippen LogP contribution in [-0.2, 0) is 0 Å². The first kappa shape index (κ1) is 18.1. The largest absolute Gasteiger partial charge is 0.0636 e. The molecular formula is C42H28. The van der Waals surface area contributed by atoms with Gasteiger partial charge >= 0.3 is 0 Å². The SMILES string of the molecule is [2H]c1c([2H])c([2H])c2c(-c3ccccc3-c3ccccc3)c3c([2H])c(-c4cccc5ccccc45)c([2H])c([2H])c3c(-c3ccccc3)c2c1[2H]. The fraction of sp³-hybridized carbons (Fsp3) is 0. The molecule has 0 saturated heterocycles. The third-order valence-corrected chi connectivity index (χ3v) is 7.90. The maximum Gasteiger partial charge on any atom is 0.0636 e. The molecule has 0 aliphatic rings. The van der Waals surface area contributed by atoms with Crippen LogP contribution in [-0.4, -0.2) is 0 Å². The zero-order valence-electron chi connectivity index (χ0n) is 29.6. The molecule has 0 aliphatic carbocycles. The summed E-state index contributed by atoms with van der Waals surface area (Å²) in [6.07, 6.45) is 0. The van der Waals surface area contributed by atoms with Gasteiger partial charge in [-0.15, -0.1) is 0 Å². The molecule has 0 heteroatoms. The van der Waals surface area contributed by atoms with Crippen LogP contribution in [0.3, 0.4) is 0 Å². The molecule has 196 valence electrons. The lowest BCUT2D eigenvalue weighted by Crippen LogP contribution is -1.93. The summed E-state index contributed by atoms with van der Waals surface area (Å²) in [4.78, 5) is 0. The van der Waals surface area contributed by atoms with E-state index in [-0.39, 0.29) is 53.1 Å². The highest BCUT2D eigenvalue weighted by atomic mass is 14.2. The standard InChI is InChI=1S/C42H28/c1-3-14-29(15-4-1)34-21-9-10-22-36(34)42-38-24-12-11-23-37(38)41(31-17-5-2-6-18-31)39-27-26-32(28-40(39)42)35-25-13-19-30-16-7-8-20-33(30)35/h1-28H/i11D,12D,23D,24D,26D,27D,28D. The van der Waals surface area contributed by atoms with E-state index in [2.05, 4.69) is 0 Å². The molecule has 8 aromatic carbocycles. The first-order valence-corrected chi connectivity index (χ1v) is 14.0. The van der Waals surface area contributed by atoms with Gasteiger partial charge in [-0.3, -0.25) is 0 Å². The van der Waals surface area contributed by atoms with E-state index in [9.17, 15) is 6.85 Å². The van der Waals surface area contributed by atoms with Crippen molar-refractivity contribution in [2.75, 3.05) is 0 Å². The molecule has 8 aromatic rings. The monoisotopic (exact) mass is 539 g/mol. The predicted octanol–water partition coefficient (Wildman–Crippen LogP) is 11.8. The Bertz CT molecular complexity index is 2610. The molecule has 0 bridgehead atoms. The van der Waals surface area contributed by atoms with Crippen molar-refractivity contribution in [2.45, 2.75) is 0 Å². The van der Waals surface area contributed by atoms with Gasteiger partial charge in [-0.2, -0.15) is 0 Å². The van der Waals surface area contributed by atoms with Gasteiger partial charge in [0.2, 0.25) is 0 Å². The molecule has 0 aromatic heterocycles. The lowest BCUT2D eigenvalue weighted by Gasteiger charge is -2.20. The number of fused-ring (bicyclic) bond motifs is 3. The molecule has 0 aliphatic heterocycles. The molecule has 0 radical (unpaired) electrons. The summed E-state index contributed by atoms with van der Waals surface area (Å²) in [7, 11) is 0. The Morgan fingerprint density at radius 2 is 0.905 bits per heavy atom. The lowest BCUT2D eigenvalue weighted by atomic mass is 9.83. The van der Waals surface area contributed by atoms with Gasteiger partial charge in [0.05, 0.1) is 9.60 Å². The van der Waals surface area contributed by atoms with Crippen molar-refractivity contribution in [3.63, 3.8) is 0 Å². The minimum absolute atomic E-state index is 0.0247. The van der Waals surface area contributed by atoms with Crippen LogP contribution in [0.1, 0.15) is 9.60 Å². The smallest absolute Gasteiger partial charge is 0.0622 e. The van der Waals surface area contributed by atoms with Gasteiger partial charge in [0.25, 0.3) is 0 Å². The zero-order chi connectivity index (χ0) is 34.0. The molecule has 0 fully saturated rings. The third kappa shape index (κ3) is 4.00. The molecule has 0 spiro atoms. The molecule has 42 heavy (non-hydrogen) atoms. The first-order chi connectivity index (χ1) is 23.8. The molecule has 0 amide bonds. The summed E-state index contributed by atoms with van der Waals surface area (Å²) < 4.78 is 65.4. The Hall–Kier alpha value is -5.46. The molecule has 0 atom stereocenters. The van der Waals surface area contributed by atoms with Crippen LogP contribution in [0.4, 0.5) is 0 Å². The van der Waals surface area contributed by atoms with Gasteiger partial charge in [0, 0.05) is 0 Å². The van der Waals surface area contributed by atoms with E-state index in [1.807, 2.05) is 127 Å². The molecule has 0 N–H and O–H groups in total. The van der Waals surface area contributed by atoms with Gasteiger partial charge in [-0.05, 0) is 82.9 Å². The van der Waals surface area contributed by atoms with Gasteiger partial charge in [0.1, 0.15) is 0 Å². The zero-order valence-corrected chi connectivity index (χ0v) is 22.6. The Morgan fingerprint density at radius 1 is 0.333 bits per heavy atom. The van der Waals surface area contributed by atoms with Crippen molar-refractivity contribution in [1.82, 2.24) is 0 Å². The Morgan fingerprint density at radius 3 is 1.69 bits per heavy atom. The van der Waals surface area contributed by atoms with E-state index in [1.54, 1.807) is 0 Å². The maximum absolute atomic E-state index is 10.0. The summed E-state index contributed by atoms with van der Waals surface area (Å²) in [5.41, 5.74) is 4.83. The molecule has 0 nitrogen and oxygen atoms in total. The van der Waals surface area contributed by atoms with E-state index < -0.39 is 0 Å². The second-order valence-corrected chi connectivity index (χ2v) is 10.3. The number of rotatable bonds is 4. The minimum atomic E-state index is -0.382. The maximum atomic E-state index is 10.0. The highest BCUT2D eigenvalue weighted by Gasteiger charge is 2.19. The summed E-state index contributed by atoms with van der Waals surface area (Å²) in [5, 5.41) is 2.99. The van der Waals surface area contributed by atoms with Gasteiger partial charge in [-0.25, -0.2) is 0 Å². The van der Waals surface area contributed by atoms with Crippen molar-refractivity contribution in [3.05, 3.63) is 170 Å². The average Bonchev–Trinajstić information content (AvgIpc) is 3.15.